The lowest BCUT2D eigenvalue weighted by Crippen LogP contribution is -2.21. The molecule has 92 valence electrons. The first-order chi connectivity index (χ1) is 8.09. The van der Waals surface area contributed by atoms with Crippen molar-refractivity contribution in [3.8, 4) is 0 Å². The average Bonchev–Trinajstić information content (AvgIpc) is 2.37. The van der Waals surface area contributed by atoms with Crippen molar-refractivity contribution in [2.75, 3.05) is 0 Å². The third-order valence-corrected chi connectivity index (χ3v) is 3.23. The van der Waals surface area contributed by atoms with Gasteiger partial charge in [-0.1, -0.05) is 44.2 Å². The second-order valence-electron chi connectivity index (χ2n) is 4.83. The molecule has 0 bridgehead atoms. The molecule has 0 radical (unpaired) electrons. The zero-order valence-electron chi connectivity index (χ0n) is 10.6. The molecular formula is C15H20O2. The first-order valence-electron chi connectivity index (χ1n) is 6.11. The maximum absolute atomic E-state index is 11.8. The van der Waals surface area contributed by atoms with Crippen LogP contribution in [0.15, 0.2) is 30.3 Å². The quantitative estimate of drug-likeness (QED) is 0.676. The molecule has 0 unspecified atom stereocenters. The van der Waals surface area contributed by atoms with E-state index < -0.39 is 5.41 Å². The molecule has 0 aliphatic rings. The molecule has 2 heteroatoms. The van der Waals surface area contributed by atoms with Crippen LogP contribution < -0.4 is 0 Å². The van der Waals surface area contributed by atoms with Gasteiger partial charge in [0.2, 0.25) is 0 Å². The van der Waals surface area contributed by atoms with E-state index in [1.54, 1.807) is 0 Å². The first kappa shape index (κ1) is 13.6. The second-order valence-corrected chi connectivity index (χ2v) is 4.83. The van der Waals surface area contributed by atoms with E-state index in [2.05, 4.69) is 0 Å². The molecule has 0 aromatic heterocycles. The van der Waals surface area contributed by atoms with Gasteiger partial charge in [-0.05, 0) is 18.4 Å². The van der Waals surface area contributed by atoms with Crippen molar-refractivity contribution in [2.24, 2.45) is 5.41 Å². The van der Waals surface area contributed by atoms with Crippen molar-refractivity contribution < 1.29 is 9.59 Å². The van der Waals surface area contributed by atoms with Gasteiger partial charge in [0, 0.05) is 18.3 Å². The van der Waals surface area contributed by atoms with Crippen LogP contribution in [0.2, 0.25) is 0 Å². The number of hydrogen-bond donors (Lipinski definition) is 0. The molecule has 0 fully saturated rings. The summed E-state index contributed by atoms with van der Waals surface area (Å²) in [5, 5.41) is 0. The minimum Gasteiger partial charge on any atom is -0.303 e. The van der Waals surface area contributed by atoms with Gasteiger partial charge in [0.1, 0.15) is 12.1 Å². The van der Waals surface area contributed by atoms with Crippen LogP contribution in [-0.2, 0) is 16.0 Å². The van der Waals surface area contributed by atoms with Gasteiger partial charge in [0.25, 0.3) is 0 Å². The monoisotopic (exact) mass is 232 g/mol. The Balaban J connectivity index is 2.43. The maximum atomic E-state index is 11.8. The molecule has 1 aromatic rings. The minimum atomic E-state index is -0.478. The number of benzene rings is 1. The van der Waals surface area contributed by atoms with E-state index in [1.807, 2.05) is 44.2 Å². The summed E-state index contributed by atoms with van der Waals surface area (Å²) in [5.74, 6) is 0.172. The second kappa shape index (κ2) is 6.33. The van der Waals surface area contributed by atoms with Gasteiger partial charge in [-0.3, -0.25) is 4.79 Å². The van der Waals surface area contributed by atoms with Gasteiger partial charge in [-0.15, -0.1) is 0 Å². The predicted molar refractivity (Wildman–Crippen MR) is 68.8 cm³/mol. The lowest BCUT2D eigenvalue weighted by molar-refractivity contribution is -0.126. The standard InChI is InChI=1S/C15H20O2/c1-3-15(2,12-16)11-14(17)10-9-13-7-5-4-6-8-13/h4-8,12H,3,9-11H2,1-2H3/t15-/m0/s1. The van der Waals surface area contributed by atoms with E-state index in [9.17, 15) is 9.59 Å². The van der Waals surface area contributed by atoms with Crippen LogP contribution >= 0.6 is 0 Å². The van der Waals surface area contributed by atoms with E-state index in [1.165, 1.54) is 5.56 Å². The summed E-state index contributed by atoms with van der Waals surface area (Å²) in [6.07, 6.45) is 3.27. The Morgan fingerprint density at radius 2 is 1.94 bits per heavy atom. The molecule has 17 heavy (non-hydrogen) atoms. The third-order valence-electron chi connectivity index (χ3n) is 3.23. The highest BCUT2D eigenvalue weighted by atomic mass is 16.1. The van der Waals surface area contributed by atoms with E-state index in [4.69, 9.17) is 0 Å². The van der Waals surface area contributed by atoms with E-state index in [0.29, 0.717) is 19.3 Å². The molecule has 1 aromatic carbocycles. The molecule has 0 heterocycles. The molecule has 0 saturated carbocycles. The smallest absolute Gasteiger partial charge is 0.134 e. The molecule has 0 N–H and O–H groups in total. The average molecular weight is 232 g/mol. The molecule has 0 aliphatic heterocycles. The van der Waals surface area contributed by atoms with Crippen LogP contribution in [0.5, 0.6) is 0 Å². The topological polar surface area (TPSA) is 34.1 Å². The summed E-state index contributed by atoms with van der Waals surface area (Å²) < 4.78 is 0. The van der Waals surface area contributed by atoms with Crippen LogP contribution in [0.25, 0.3) is 0 Å². The summed E-state index contributed by atoms with van der Waals surface area (Å²) >= 11 is 0. The molecule has 0 saturated heterocycles. The molecule has 1 rings (SSSR count). The Bertz CT molecular complexity index is 370. The van der Waals surface area contributed by atoms with E-state index in [-0.39, 0.29) is 5.78 Å². The lowest BCUT2D eigenvalue weighted by atomic mass is 9.83. The van der Waals surface area contributed by atoms with Gasteiger partial charge < -0.3 is 4.79 Å². The zero-order valence-corrected chi connectivity index (χ0v) is 10.6. The number of ketones is 1. The van der Waals surface area contributed by atoms with Crippen molar-refractivity contribution in [1.82, 2.24) is 0 Å². The number of Topliss-reactive ketones (excluding diaryl/α,β-unsaturated/α-hetero) is 1. The highest BCUT2D eigenvalue weighted by Gasteiger charge is 2.24. The maximum Gasteiger partial charge on any atom is 0.134 e. The molecule has 2 nitrogen and oxygen atoms in total. The fraction of sp³-hybridized carbons (Fsp3) is 0.467. The van der Waals surface area contributed by atoms with Gasteiger partial charge in [-0.25, -0.2) is 0 Å². The fourth-order valence-electron chi connectivity index (χ4n) is 1.72. The van der Waals surface area contributed by atoms with E-state index in [0.717, 1.165) is 12.7 Å². The fourth-order valence-corrected chi connectivity index (χ4v) is 1.72. The normalized spacial score (nSPS) is 14.0. The first-order valence-corrected chi connectivity index (χ1v) is 6.11. The Morgan fingerprint density at radius 1 is 1.29 bits per heavy atom. The number of carbonyl (C=O) groups is 2. The zero-order chi connectivity index (χ0) is 12.7. The highest BCUT2D eigenvalue weighted by Crippen LogP contribution is 2.23. The lowest BCUT2D eigenvalue weighted by Gasteiger charge is -2.19. The Kier molecular flexibility index (Phi) is 5.08. The van der Waals surface area contributed by atoms with Crippen molar-refractivity contribution >= 4 is 12.1 Å². The summed E-state index contributed by atoms with van der Waals surface area (Å²) in [6, 6.07) is 9.95. The Labute approximate surface area is 103 Å². The molecule has 0 amide bonds. The van der Waals surface area contributed by atoms with E-state index >= 15 is 0 Å². The van der Waals surface area contributed by atoms with Crippen molar-refractivity contribution in [3.05, 3.63) is 35.9 Å². The molecule has 0 aliphatic carbocycles. The van der Waals surface area contributed by atoms with Gasteiger partial charge in [-0.2, -0.15) is 0 Å². The SMILES string of the molecule is CC[C@](C)(C=O)CC(=O)CCc1ccccc1. The molecule has 1 atom stereocenters. The minimum absolute atomic E-state index is 0.172. The van der Waals surface area contributed by atoms with Crippen LogP contribution in [0, 0.1) is 5.41 Å². The summed E-state index contributed by atoms with van der Waals surface area (Å²) in [4.78, 5) is 22.7. The van der Waals surface area contributed by atoms with Crippen LogP contribution in [0.4, 0.5) is 0 Å². The van der Waals surface area contributed by atoms with Crippen molar-refractivity contribution in [3.63, 3.8) is 0 Å². The number of rotatable bonds is 7. The Morgan fingerprint density at radius 3 is 2.47 bits per heavy atom. The number of hydrogen-bond acceptors (Lipinski definition) is 2. The summed E-state index contributed by atoms with van der Waals surface area (Å²) in [6.45, 7) is 3.79. The molecule has 0 spiro atoms. The van der Waals surface area contributed by atoms with Gasteiger partial charge in [0.05, 0.1) is 0 Å². The van der Waals surface area contributed by atoms with Crippen LogP contribution in [0.1, 0.15) is 38.7 Å². The molecular weight excluding hydrogens is 212 g/mol. The highest BCUT2D eigenvalue weighted by molar-refractivity contribution is 5.82. The van der Waals surface area contributed by atoms with Crippen molar-refractivity contribution in [2.45, 2.75) is 39.5 Å². The third kappa shape index (κ3) is 4.51. The summed E-state index contributed by atoms with van der Waals surface area (Å²) in [7, 11) is 0. The van der Waals surface area contributed by atoms with Crippen molar-refractivity contribution in [1.29, 1.82) is 0 Å². The summed E-state index contributed by atoms with van der Waals surface area (Å²) in [5.41, 5.74) is 0.693. The van der Waals surface area contributed by atoms with Crippen LogP contribution in [-0.4, -0.2) is 12.1 Å². The Hall–Kier alpha value is -1.44. The van der Waals surface area contributed by atoms with Gasteiger partial charge in [0.15, 0.2) is 0 Å². The largest absolute Gasteiger partial charge is 0.303 e. The predicted octanol–water partition coefficient (Wildman–Crippen LogP) is 3.19. The number of aryl methyl sites for hydroxylation is 1. The van der Waals surface area contributed by atoms with Gasteiger partial charge >= 0.3 is 0 Å². The number of carbonyl (C=O) groups excluding carboxylic acids is 2. The van der Waals surface area contributed by atoms with Crippen LogP contribution in [0.3, 0.4) is 0 Å². The number of aldehydes is 1.